The molecule has 1 N–H and O–H groups in total. The van der Waals surface area contributed by atoms with E-state index < -0.39 is 6.10 Å². The van der Waals surface area contributed by atoms with Crippen LogP contribution in [-0.4, -0.2) is 18.8 Å². The van der Waals surface area contributed by atoms with Crippen molar-refractivity contribution in [1.29, 1.82) is 0 Å². The lowest BCUT2D eigenvalue weighted by Crippen LogP contribution is -2.04. The van der Waals surface area contributed by atoms with Gasteiger partial charge in [0.05, 0.1) is 13.7 Å². The van der Waals surface area contributed by atoms with E-state index in [0.29, 0.717) is 18.1 Å². The fraction of sp³-hybridized carbons (Fsp3) is 0.182. The van der Waals surface area contributed by atoms with Gasteiger partial charge < -0.3 is 14.6 Å². The maximum atomic E-state index is 10.6. The number of rotatable bonds is 7. The first kappa shape index (κ1) is 18.5. The molecule has 0 aromatic heterocycles. The average Bonchev–Trinajstić information content (AvgIpc) is 2.69. The summed E-state index contributed by atoms with van der Waals surface area (Å²) in [5.74, 6) is 1.29. The van der Waals surface area contributed by atoms with E-state index in [1.54, 1.807) is 7.11 Å². The van der Waals surface area contributed by atoms with E-state index in [4.69, 9.17) is 9.47 Å². The van der Waals surface area contributed by atoms with Crippen molar-refractivity contribution < 1.29 is 14.6 Å². The number of aliphatic hydroxyl groups excluding tert-OH is 1. The number of benzene rings is 3. The molecule has 0 amide bonds. The lowest BCUT2D eigenvalue weighted by molar-refractivity contribution is 0.219. The summed E-state index contributed by atoms with van der Waals surface area (Å²) in [5, 5.41) is 10.6. The van der Waals surface area contributed by atoms with E-state index >= 15 is 0 Å². The molecule has 0 saturated heterocycles. The van der Waals surface area contributed by atoms with Gasteiger partial charge in [0.1, 0.15) is 6.10 Å². The Labute approximate surface area is 162 Å². The van der Waals surface area contributed by atoms with Crippen molar-refractivity contribution in [3.63, 3.8) is 0 Å². The lowest BCUT2D eigenvalue weighted by atomic mass is 10.0. The van der Waals surface area contributed by atoms with Gasteiger partial charge in [-0.25, -0.2) is 0 Å². The maximum Gasteiger partial charge on any atom is 0.161 e. The maximum absolute atomic E-state index is 10.6. The molecule has 134 valence electrons. The number of methoxy groups -OCH3 is 1. The summed E-state index contributed by atoms with van der Waals surface area (Å²) in [6.45, 7) is 0.564. The van der Waals surface area contributed by atoms with Crippen LogP contribution in [0.4, 0.5) is 0 Å². The number of hydrogen-bond donors (Lipinski definition) is 1. The molecule has 26 heavy (non-hydrogen) atoms. The van der Waals surface area contributed by atoms with Crippen molar-refractivity contribution >= 4 is 15.9 Å². The third-order valence-electron chi connectivity index (χ3n) is 4.18. The van der Waals surface area contributed by atoms with Crippen molar-refractivity contribution in [1.82, 2.24) is 0 Å². The molecule has 4 heteroatoms. The highest BCUT2D eigenvalue weighted by Crippen LogP contribution is 2.32. The van der Waals surface area contributed by atoms with Crippen LogP contribution in [0.5, 0.6) is 11.5 Å². The van der Waals surface area contributed by atoms with Crippen LogP contribution in [0.1, 0.15) is 22.8 Å². The van der Waals surface area contributed by atoms with Gasteiger partial charge in [-0.2, -0.15) is 0 Å². The molecule has 0 spiro atoms. The fourth-order valence-electron chi connectivity index (χ4n) is 2.73. The molecule has 0 heterocycles. The molecule has 0 saturated carbocycles. The molecule has 0 radical (unpaired) electrons. The predicted molar refractivity (Wildman–Crippen MR) is 107 cm³/mol. The Morgan fingerprint density at radius 3 is 2.27 bits per heavy atom. The molecule has 0 aliphatic heterocycles. The van der Waals surface area contributed by atoms with E-state index in [9.17, 15) is 5.11 Å². The molecule has 3 rings (SSSR count). The SMILES string of the molecule is COc1cc(C(O)c2ccc(Br)cc2)ccc1OCCc1ccccc1. The Hall–Kier alpha value is -2.30. The second kappa shape index (κ2) is 8.88. The van der Waals surface area contributed by atoms with Gasteiger partial charge in [0.15, 0.2) is 11.5 Å². The molecular formula is C22H21BrO3. The molecule has 1 atom stereocenters. The summed E-state index contributed by atoms with van der Waals surface area (Å²) in [4.78, 5) is 0. The number of ether oxygens (including phenoxy) is 2. The quantitative estimate of drug-likeness (QED) is 0.582. The lowest BCUT2D eigenvalue weighted by Gasteiger charge is -2.16. The normalized spacial score (nSPS) is 11.8. The van der Waals surface area contributed by atoms with Gasteiger partial charge >= 0.3 is 0 Å². The van der Waals surface area contributed by atoms with Gasteiger partial charge in [-0.15, -0.1) is 0 Å². The van der Waals surface area contributed by atoms with E-state index in [1.165, 1.54) is 5.56 Å². The summed E-state index contributed by atoms with van der Waals surface area (Å²) in [6, 6.07) is 23.4. The Morgan fingerprint density at radius 2 is 1.58 bits per heavy atom. The first-order valence-corrected chi connectivity index (χ1v) is 9.25. The summed E-state index contributed by atoms with van der Waals surface area (Å²) in [7, 11) is 1.61. The number of halogens is 1. The fourth-order valence-corrected chi connectivity index (χ4v) is 3.00. The van der Waals surface area contributed by atoms with Gasteiger partial charge in [0.25, 0.3) is 0 Å². The van der Waals surface area contributed by atoms with Crippen molar-refractivity contribution in [2.24, 2.45) is 0 Å². The first-order valence-electron chi connectivity index (χ1n) is 8.45. The van der Waals surface area contributed by atoms with Crippen LogP contribution in [0.25, 0.3) is 0 Å². The highest BCUT2D eigenvalue weighted by molar-refractivity contribution is 9.10. The van der Waals surface area contributed by atoms with Gasteiger partial charge in [0, 0.05) is 10.9 Å². The van der Waals surface area contributed by atoms with Gasteiger partial charge in [0.2, 0.25) is 0 Å². The molecule has 3 aromatic rings. The average molecular weight is 413 g/mol. The van der Waals surface area contributed by atoms with Crippen LogP contribution < -0.4 is 9.47 Å². The zero-order valence-electron chi connectivity index (χ0n) is 14.6. The number of hydrogen-bond acceptors (Lipinski definition) is 3. The Kier molecular flexibility index (Phi) is 6.31. The standard InChI is InChI=1S/C22H21BrO3/c1-25-21-15-18(22(24)17-7-10-19(23)11-8-17)9-12-20(21)26-14-13-16-5-3-2-4-6-16/h2-12,15,22,24H,13-14H2,1H3. The van der Waals surface area contributed by atoms with E-state index in [2.05, 4.69) is 28.1 Å². The highest BCUT2D eigenvalue weighted by atomic mass is 79.9. The van der Waals surface area contributed by atoms with Crippen LogP contribution in [0.15, 0.2) is 77.3 Å². The van der Waals surface area contributed by atoms with Crippen LogP contribution in [0.3, 0.4) is 0 Å². The molecule has 3 aromatic carbocycles. The number of aliphatic hydroxyl groups is 1. The Balaban J connectivity index is 1.69. The Bertz CT molecular complexity index is 832. The van der Waals surface area contributed by atoms with Crippen molar-refractivity contribution in [2.75, 3.05) is 13.7 Å². The van der Waals surface area contributed by atoms with Gasteiger partial charge in [-0.3, -0.25) is 0 Å². The monoisotopic (exact) mass is 412 g/mol. The van der Waals surface area contributed by atoms with Crippen molar-refractivity contribution in [2.45, 2.75) is 12.5 Å². The third-order valence-corrected chi connectivity index (χ3v) is 4.71. The van der Waals surface area contributed by atoms with Crippen molar-refractivity contribution in [3.05, 3.63) is 94.0 Å². The second-order valence-corrected chi connectivity index (χ2v) is 6.86. The zero-order valence-corrected chi connectivity index (χ0v) is 16.1. The van der Waals surface area contributed by atoms with Crippen LogP contribution in [0, 0.1) is 0 Å². The van der Waals surface area contributed by atoms with Gasteiger partial charge in [-0.1, -0.05) is 64.5 Å². The topological polar surface area (TPSA) is 38.7 Å². The first-order chi connectivity index (χ1) is 12.7. The van der Waals surface area contributed by atoms with Gasteiger partial charge in [-0.05, 0) is 41.0 Å². The second-order valence-electron chi connectivity index (χ2n) is 5.95. The van der Waals surface area contributed by atoms with Crippen LogP contribution in [-0.2, 0) is 6.42 Å². The molecular weight excluding hydrogens is 392 g/mol. The molecule has 0 aliphatic rings. The molecule has 0 aliphatic carbocycles. The van der Waals surface area contributed by atoms with E-state index in [-0.39, 0.29) is 0 Å². The highest BCUT2D eigenvalue weighted by Gasteiger charge is 2.14. The Morgan fingerprint density at radius 1 is 0.885 bits per heavy atom. The third kappa shape index (κ3) is 4.65. The zero-order chi connectivity index (χ0) is 18.4. The summed E-state index contributed by atoms with van der Waals surface area (Å²) < 4.78 is 12.3. The molecule has 0 bridgehead atoms. The minimum atomic E-state index is -0.713. The minimum Gasteiger partial charge on any atom is -0.493 e. The van der Waals surface area contributed by atoms with Crippen LogP contribution >= 0.6 is 15.9 Å². The van der Waals surface area contributed by atoms with Crippen molar-refractivity contribution in [3.8, 4) is 11.5 Å². The van der Waals surface area contributed by atoms with Crippen LogP contribution in [0.2, 0.25) is 0 Å². The smallest absolute Gasteiger partial charge is 0.161 e. The predicted octanol–water partition coefficient (Wildman–Crippen LogP) is 5.16. The summed E-state index contributed by atoms with van der Waals surface area (Å²) >= 11 is 3.41. The molecule has 1 unspecified atom stereocenters. The summed E-state index contributed by atoms with van der Waals surface area (Å²) in [6.07, 6.45) is 0.114. The van der Waals surface area contributed by atoms with E-state index in [0.717, 1.165) is 22.0 Å². The largest absolute Gasteiger partial charge is 0.493 e. The molecule has 0 fully saturated rings. The van der Waals surface area contributed by atoms with E-state index in [1.807, 2.05) is 60.7 Å². The minimum absolute atomic E-state index is 0.564. The molecule has 3 nitrogen and oxygen atoms in total. The summed E-state index contributed by atoms with van der Waals surface area (Å²) in [5.41, 5.74) is 2.82.